The molecule has 0 aliphatic carbocycles. The van der Waals surface area contributed by atoms with E-state index in [1.807, 2.05) is 31.2 Å². The molecule has 1 rings (SSSR count). The lowest BCUT2D eigenvalue weighted by molar-refractivity contribution is -0.144. The Morgan fingerprint density at radius 1 is 1.41 bits per heavy atom. The van der Waals surface area contributed by atoms with Crippen molar-refractivity contribution < 1.29 is 9.90 Å². The molecule has 0 aliphatic rings. The van der Waals surface area contributed by atoms with Crippen LogP contribution in [0.25, 0.3) is 0 Å². The van der Waals surface area contributed by atoms with Gasteiger partial charge in [0, 0.05) is 10.1 Å². The first-order valence-corrected chi connectivity index (χ1v) is 6.78. The van der Waals surface area contributed by atoms with E-state index in [1.165, 1.54) is 3.57 Å². The predicted octanol–water partition coefficient (Wildman–Crippen LogP) is 3.02. The monoisotopic (exact) mass is 347 g/mol. The Bertz CT molecular complexity index is 378. The molecule has 0 aromatic heterocycles. The third kappa shape index (κ3) is 4.27. The highest BCUT2D eigenvalue weighted by Gasteiger charge is 2.31. The summed E-state index contributed by atoms with van der Waals surface area (Å²) in [5.74, 6) is -0.787. The van der Waals surface area contributed by atoms with E-state index in [0.717, 1.165) is 12.0 Å². The lowest BCUT2D eigenvalue weighted by Crippen LogP contribution is -2.48. The lowest BCUT2D eigenvalue weighted by atomic mass is 9.96. The van der Waals surface area contributed by atoms with E-state index in [-0.39, 0.29) is 0 Å². The van der Waals surface area contributed by atoms with Crippen molar-refractivity contribution in [2.24, 2.45) is 0 Å². The van der Waals surface area contributed by atoms with Gasteiger partial charge >= 0.3 is 5.97 Å². The van der Waals surface area contributed by atoms with Gasteiger partial charge in [0.1, 0.15) is 5.54 Å². The summed E-state index contributed by atoms with van der Waals surface area (Å²) in [5.41, 5.74) is 0.270. The Labute approximate surface area is 116 Å². The van der Waals surface area contributed by atoms with Crippen molar-refractivity contribution in [3.8, 4) is 0 Å². The van der Waals surface area contributed by atoms with E-state index in [4.69, 9.17) is 0 Å². The van der Waals surface area contributed by atoms with E-state index in [0.29, 0.717) is 13.0 Å². The highest BCUT2D eigenvalue weighted by molar-refractivity contribution is 14.1. The van der Waals surface area contributed by atoms with Gasteiger partial charge in [-0.15, -0.1) is 0 Å². The van der Waals surface area contributed by atoms with Crippen molar-refractivity contribution in [3.63, 3.8) is 0 Å². The molecule has 0 saturated carbocycles. The van der Waals surface area contributed by atoms with Gasteiger partial charge in [0.05, 0.1) is 0 Å². The van der Waals surface area contributed by atoms with Gasteiger partial charge in [-0.1, -0.05) is 25.5 Å². The Balaban J connectivity index is 2.64. The maximum Gasteiger partial charge on any atom is 0.323 e. The Morgan fingerprint density at radius 2 is 2.00 bits per heavy atom. The van der Waals surface area contributed by atoms with Crippen LogP contribution in [0.1, 0.15) is 32.3 Å². The van der Waals surface area contributed by atoms with Crippen LogP contribution in [0.5, 0.6) is 0 Å². The number of carboxylic acids is 1. The smallest absolute Gasteiger partial charge is 0.323 e. The van der Waals surface area contributed by atoms with Gasteiger partial charge in [-0.25, -0.2) is 0 Å². The summed E-state index contributed by atoms with van der Waals surface area (Å²) in [6.07, 6.45) is 1.48. The SMILES string of the molecule is CCCC(C)(NCc1ccc(I)cc1)C(=O)O. The second-order valence-corrected chi connectivity index (χ2v) is 5.61. The second kappa shape index (κ2) is 6.35. The van der Waals surface area contributed by atoms with Gasteiger partial charge in [0.25, 0.3) is 0 Å². The first-order valence-electron chi connectivity index (χ1n) is 5.71. The molecule has 0 aliphatic heterocycles. The number of aliphatic carboxylic acids is 1. The summed E-state index contributed by atoms with van der Waals surface area (Å²) in [6, 6.07) is 8.08. The second-order valence-electron chi connectivity index (χ2n) is 4.37. The summed E-state index contributed by atoms with van der Waals surface area (Å²) < 4.78 is 1.18. The first kappa shape index (κ1) is 14.4. The maximum absolute atomic E-state index is 11.2. The van der Waals surface area contributed by atoms with Crippen LogP contribution in [-0.2, 0) is 11.3 Å². The highest BCUT2D eigenvalue weighted by atomic mass is 127. The van der Waals surface area contributed by atoms with E-state index >= 15 is 0 Å². The van der Waals surface area contributed by atoms with Gasteiger partial charge in [0.15, 0.2) is 0 Å². The maximum atomic E-state index is 11.2. The van der Waals surface area contributed by atoms with Crippen LogP contribution in [0.15, 0.2) is 24.3 Å². The minimum Gasteiger partial charge on any atom is -0.480 e. The predicted molar refractivity (Wildman–Crippen MR) is 76.9 cm³/mol. The molecule has 0 radical (unpaired) electrons. The number of carboxylic acid groups (broad SMARTS) is 1. The number of halogens is 1. The topological polar surface area (TPSA) is 49.3 Å². The number of nitrogens with one attached hydrogen (secondary N) is 1. The third-order valence-corrected chi connectivity index (χ3v) is 3.54. The molecule has 0 amide bonds. The van der Waals surface area contributed by atoms with Crippen LogP contribution in [0.3, 0.4) is 0 Å². The fourth-order valence-corrected chi connectivity index (χ4v) is 2.03. The van der Waals surface area contributed by atoms with Gasteiger partial charge in [-0.3, -0.25) is 10.1 Å². The standard InChI is InChI=1S/C13H18INO2/c1-3-8-13(2,12(16)17)15-9-10-4-6-11(14)7-5-10/h4-7,15H,3,8-9H2,1-2H3,(H,16,17). The Hall–Kier alpha value is -0.620. The molecule has 1 aromatic carbocycles. The average Bonchev–Trinajstić information content (AvgIpc) is 2.28. The summed E-state index contributed by atoms with van der Waals surface area (Å²) in [7, 11) is 0. The van der Waals surface area contributed by atoms with E-state index < -0.39 is 11.5 Å². The van der Waals surface area contributed by atoms with Crippen LogP contribution in [-0.4, -0.2) is 16.6 Å². The molecule has 0 spiro atoms. The zero-order chi connectivity index (χ0) is 12.9. The molecule has 4 heteroatoms. The third-order valence-electron chi connectivity index (χ3n) is 2.82. The van der Waals surface area contributed by atoms with Crippen LogP contribution < -0.4 is 5.32 Å². The van der Waals surface area contributed by atoms with Crippen LogP contribution in [0.2, 0.25) is 0 Å². The zero-order valence-corrected chi connectivity index (χ0v) is 12.3. The highest BCUT2D eigenvalue weighted by Crippen LogP contribution is 2.14. The molecule has 2 N–H and O–H groups in total. The molecule has 0 bridgehead atoms. The van der Waals surface area contributed by atoms with Crippen molar-refractivity contribution in [2.45, 2.75) is 38.8 Å². The van der Waals surface area contributed by atoms with Gasteiger partial charge < -0.3 is 5.11 Å². The summed E-state index contributed by atoms with van der Waals surface area (Å²) >= 11 is 2.25. The number of hydrogen-bond donors (Lipinski definition) is 2. The summed E-state index contributed by atoms with van der Waals surface area (Å²) in [5, 5.41) is 12.4. The molecule has 0 heterocycles. The number of hydrogen-bond acceptors (Lipinski definition) is 2. The van der Waals surface area contributed by atoms with Crippen molar-refractivity contribution in [3.05, 3.63) is 33.4 Å². The minimum atomic E-state index is -0.836. The fraction of sp³-hybridized carbons (Fsp3) is 0.462. The average molecular weight is 347 g/mol. The minimum absolute atomic E-state index is 0.583. The lowest BCUT2D eigenvalue weighted by Gasteiger charge is -2.26. The van der Waals surface area contributed by atoms with Crippen molar-refractivity contribution in [1.29, 1.82) is 0 Å². The molecule has 0 fully saturated rings. The molecule has 94 valence electrons. The first-order chi connectivity index (χ1) is 7.98. The number of rotatable bonds is 6. The number of carbonyl (C=O) groups is 1. The van der Waals surface area contributed by atoms with Crippen molar-refractivity contribution in [1.82, 2.24) is 5.32 Å². The van der Waals surface area contributed by atoms with Crippen molar-refractivity contribution >= 4 is 28.6 Å². The molecule has 1 atom stereocenters. The van der Waals surface area contributed by atoms with Crippen LogP contribution in [0.4, 0.5) is 0 Å². The van der Waals surface area contributed by atoms with Gasteiger partial charge in [-0.05, 0) is 53.6 Å². The summed E-state index contributed by atoms with van der Waals surface area (Å²) in [6.45, 7) is 4.32. The van der Waals surface area contributed by atoms with Crippen LogP contribution >= 0.6 is 22.6 Å². The molecule has 0 saturated heterocycles. The van der Waals surface area contributed by atoms with Crippen molar-refractivity contribution in [2.75, 3.05) is 0 Å². The van der Waals surface area contributed by atoms with Crippen LogP contribution in [0, 0.1) is 3.57 Å². The number of benzene rings is 1. The molecule has 3 nitrogen and oxygen atoms in total. The quantitative estimate of drug-likeness (QED) is 0.778. The van der Waals surface area contributed by atoms with E-state index in [9.17, 15) is 9.90 Å². The normalized spacial score (nSPS) is 14.3. The Morgan fingerprint density at radius 3 is 2.47 bits per heavy atom. The largest absolute Gasteiger partial charge is 0.480 e. The zero-order valence-electron chi connectivity index (χ0n) is 10.2. The fourth-order valence-electron chi connectivity index (χ4n) is 1.67. The summed E-state index contributed by atoms with van der Waals surface area (Å²) in [4.78, 5) is 11.2. The Kier molecular flexibility index (Phi) is 5.39. The van der Waals surface area contributed by atoms with E-state index in [1.54, 1.807) is 6.92 Å². The van der Waals surface area contributed by atoms with Gasteiger partial charge in [-0.2, -0.15) is 0 Å². The molecular weight excluding hydrogens is 329 g/mol. The van der Waals surface area contributed by atoms with E-state index in [2.05, 4.69) is 27.9 Å². The van der Waals surface area contributed by atoms with Gasteiger partial charge in [0.2, 0.25) is 0 Å². The molecule has 1 aromatic rings. The molecule has 1 unspecified atom stereocenters. The molecule has 17 heavy (non-hydrogen) atoms. The molecular formula is C13H18INO2.